The van der Waals surface area contributed by atoms with Crippen LogP contribution in [-0.4, -0.2) is 36.2 Å². The number of sulfonamides is 1. The Kier molecular flexibility index (Phi) is 5.57. The number of hydrogen-bond donors (Lipinski definition) is 1. The standard InChI is InChI=1S/C16H18BrN3O3S2/c1-11-10-24-16(18-11)19-15(21)14-4-2-3-9-20(14)25(22,23)13-7-5-12(17)6-8-13/h5-8,10,14H,2-4,9H2,1H3,(H,18,19,21)/t14-/m1/s1. The van der Waals surface area contributed by atoms with Gasteiger partial charge in [-0.25, -0.2) is 13.4 Å². The first-order valence-corrected chi connectivity index (χ1v) is 11.0. The number of aryl methyl sites for hydroxylation is 1. The van der Waals surface area contributed by atoms with Crippen LogP contribution in [0.15, 0.2) is 39.0 Å². The maximum atomic E-state index is 13.0. The number of aromatic nitrogens is 1. The molecule has 0 aliphatic carbocycles. The molecular weight excluding hydrogens is 426 g/mol. The zero-order valence-corrected chi connectivity index (χ0v) is 16.8. The van der Waals surface area contributed by atoms with E-state index in [4.69, 9.17) is 0 Å². The second kappa shape index (κ2) is 7.53. The van der Waals surface area contributed by atoms with Gasteiger partial charge in [-0.3, -0.25) is 4.79 Å². The lowest BCUT2D eigenvalue weighted by molar-refractivity contribution is -0.120. The molecule has 0 radical (unpaired) electrons. The summed E-state index contributed by atoms with van der Waals surface area (Å²) in [7, 11) is -3.73. The molecule has 2 heterocycles. The molecule has 1 aliphatic rings. The van der Waals surface area contributed by atoms with Gasteiger partial charge in [0.25, 0.3) is 0 Å². The largest absolute Gasteiger partial charge is 0.301 e. The Labute approximate surface area is 159 Å². The molecule has 3 rings (SSSR count). The average Bonchev–Trinajstić information content (AvgIpc) is 3.00. The zero-order valence-electron chi connectivity index (χ0n) is 13.6. The van der Waals surface area contributed by atoms with Crippen molar-refractivity contribution in [2.75, 3.05) is 11.9 Å². The number of hydrogen-bond acceptors (Lipinski definition) is 5. The van der Waals surface area contributed by atoms with Gasteiger partial charge in [-0.15, -0.1) is 11.3 Å². The van der Waals surface area contributed by atoms with Gasteiger partial charge in [0.2, 0.25) is 15.9 Å². The molecule has 2 aromatic rings. The summed E-state index contributed by atoms with van der Waals surface area (Å²) in [6, 6.07) is 5.75. The SMILES string of the molecule is Cc1csc(NC(=O)[C@H]2CCCCN2S(=O)(=O)c2ccc(Br)cc2)n1. The van der Waals surface area contributed by atoms with Crippen molar-refractivity contribution in [2.45, 2.75) is 37.1 Å². The summed E-state index contributed by atoms with van der Waals surface area (Å²) in [5.41, 5.74) is 0.822. The fourth-order valence-corrected chi connectivity index (χ4v) is 5.41. The van der Waals surface area contributed by atoms with Gasteiger partial charge in [0, 0.05) is 16.4 Å². The van der Waals surface area contributed by atoms with Crippen LogP contribution in [0.2, 0.25) is 0 Å². The molecule has 1 atom stereocenters. The molecule has 134 valence electrons. The Morgan fingerprint density at radius 2 is 2.04 bits per heavy atom. The van der Waals surface area contributed by atoms with E-state index in [2.05, 4.69) is 26.2 Å². The molecule has 25 heavy (non-hydrogen) atoms. The van der Waals surface area contributed by atoms with Gasteiger partial charge < -0.3 is 5.32 Å². The van der Waals surface area contributed by atoms with Crippen molar-refractivity contribution in [2.24, 2.45) is 0 Å². The molecule has 0 unspecified atom stereocenters. The van der Waals surface area contributed by atoms with Gasteiger partial charge in [0.1, 0.15) is 6.04 Å². The Morgan fingerprint density at radius 1 is 1.32 bits per heavy atom. The first-order chi connectivity index (χ1) is 11.9. The van der Waals surface area contributed by atoms with E-state index in [1.807, 2.05) is 12.3 Å². The predicted molar refractivity (Wildman–Crippen MR) is 101 cm³/mol. The number of thiazole rings is 1. The minimum atomic E-state index is -3.73. The van der Waals surface area contributed by atoms with Gasteiger partial charge in [0.05, 0.1) is 10.6 Å². The Bertz CT molecular complexity index is 865. The Morgan fingerprint density at radius 3 is 2.68 bits per heavy atom. The number of anilines is 1. The topological polar surface area (TPSA) is 79.4 Å². The molecule has 1 aliphatic heterocycles. The molecule has 9 heteroatoms. The van der Waals surface area contributed by atoms with Crippen LogP contribution in [0.5, 0.6) is 0 Å². The predicted octanol–water partition coefficient (Wildman–Crippen LogP) is 3.40. The second-order valence-electron chi connectivity index (χ2n) is 5.86. The highest BCUT2D eigenvalue weighted by Crippen LogP contribution is 2.27. The first kappa shape index (κ1) is 18.5. The molecule has 1 N–H and O–H groups in total. The Hall–Kier alpha value is -1.29. The van der Waals surface area contributed by atoms with E-state index in [1.54, 1.807) is 24.3 Å². The van der Waals surface area contributed by atoms with E-state index in [0.717, 1.165) is 23.0 Å². The van der Waals surface area contributed by atoms with Crippen LogP contribution in [0.4, 0.5) is 5.13 Å². The third-order valence-electron chi connectivity index (χ3n) is 4.03. The summed E-state index contributed by atoms with van der Waals surface area (Å²) < 4.78 is 28.1. The van der Waals surface area contributed by atoms with Gasteiger partial charge in [-0.2, -0.15) is 4.31 Å². The monoisotopic (exact) mass is 443 g/mol. The summed E-state index contributed by atoms with van der Waals surface area (Å²) in [5.74, 6) is -0.324. The maximum absolute atomic E-state index is 13.0. The quantitative estimate of drug-likeness (QED) is 0.784. The number of rotatable bonds is 4. The molecule has 1 fully saturated rings. The average molecular weight is 444 g/mol. The highest BCUT2D eigenvalue weighted by Gasteiger charge is 2.37. The van der Waals surface area contributed by atoms with Crippen LogP contribution in [-0.2, 0) is 14.8 Å². The van der Waals surface area contributed by atoms with Crippen LogP contribution < -0.4 is 5.32 Å². The number of carbonyl (C=O) groups excluding carboxylic acids is 1. The summed E-state index contributed by atoms with van der Waals surface area (Å²) in [5, 5.41) is 5.08. The number of amides is 1. The van der Waals surface area contributed by atoms with E-state index in [1.165, 1.54) is 15.6 Å². The summed E-state index contributed by atoms with van der Waals surface area (Å²) >= 11 is 4.64. The molecule has 0 bridgehead atoms. The summed E-state index contributed by atoms with van der Waals surface area (Å²) in [6.07, 6.45) is 2.07. The van der Waals surface area contributed by atoms with Crippen LogP contribution in [0, 0.1) is 6.92 Å². The van der Waals surface area contributed by atoms with Crippen molar-refractivity contribution in [1.82, 2.24) is 9.29 Å². The molecular formula is C16H18BrN3O3S2. The number of benzene rings is 1. The van der Waals surface area contributed by atoms with Crippen molar-refractivity contribution >= 4 is 48.3 Å². The minimum absolute atomic E-state index is 0.195. The van der Waals surface area contributed by atoms with Crippen LogP contribution in [0.25, 0.3) is 0 Å². The lowest BCUT2D eigenvalue weighted by Gasteiger charge is -2.33. The second-order valence-corrected chi connectivity index (χ2v) is 9.53. The number of nitrogens with one attached hydrogen (secondary N) is 1. The van der Waals surface area contributed by atoms with Crippen molar-refractivity contribution < 1.29 is 13.2 Å². The van der Waals surface area contributed by atoms with Crippen LogP contribution in [0.1, 0.15) is 25.0 Å². The van der Waals surface area contributed by atoms with Gasteiger partial charge in [0.15, 0.2) is 5.13 Å². The van der Waals surface area contributed by atoms with Crippen LogP contribution in [0.3, 0.4) is 0 Å². The molecule has 1 aromatic heterocycles. The third kappa shape index (κ3) is 4.11. The maximum Gasteiger partial charge on any atom is 0.244 e. The van der Waals surface area contributed by atoms with Crippen molar-refractivity contribution in [3.05, 3.63) is 39.8 Å². The number of halogens is 1. The van der Waals surface area contributed by atoms with Crippen molar-refractivity contribution in [1.29, 1.82) is 0 Å². The molecule has 6 nitrogen and oxygen atoms in total. The summed E-state index contributed by atoms with van der Waals surface area (Å²) in [4.78, 5) is 17.1. The minimum Gasteiger partial charge on any atom is -0.301 e. The molecule has 1 aromatic carbocycles. The normalized spacial score (nSPS) is 18.9. The number of carbonyl (C=O) groups is 1. The number of nitrogens with zero attached hydrogens (tertiary/aromatic N) is 2. The van der Waals surface area contributed by atoms with E-state index >= 15 is 0 Å². The number of piperidine rings is 1. The molecule has 0 saturated carbocycles. The lowest BCUT2D eigenvalue weighted by atomic mass is 10.0. The highest BCUT2D eigenvalue weighted by molar-refractivity contribution is 9.10. The zero-order chi connectivity index (χ0) is 18.0. The van der Waals surface area contributed by atoms with E-state index in [0.29, 0.717) is 18.1 Å². The lowest BCUT2D eigenvalue weighted by Crippen LogP contribution is -2.49. The van der Waals surface area contributed by atoms with Crippen LogP contribution >= 0.6 is 27.3 Å². The van der Waals surface area contributed by atoms with E-state index in [9.17, 15) is 13.2 Å². The molecule has 1 amide bonds. The third-order valence-corrected chi connectivity index (χ3v) is 7.35. The smallest absolute Gasteiger partial charge is 0.244 e. The summed E-state index contributed by atoms with van der Waals surface area (Å²) in [6.45, 7) is 2.18. The Balaban J connectivity index is 1.84. The fraction of sp³-hybridized carbons (Fsp3) is 0.375. The van der Waals surface area contributed by atoms with E-state index in [-0.39, 0.29) is 10.8 Å². The first-order valence-electron chi connectivity index (χ1n) is 7.88. The fourth-order valence-electron chi connectivity index (χ4n) is 2.80. The van der Waals surface area contributed by atoms with E-state index < -0.39 is 16.1 Å². The molecule has 0 spiro atoms. The van der Waals surface area contributed by atoms with Crippen molar-refractivity contribution in [3.8, 4) is 0 Å². The van der Waals surface area contributed by atoms with Crippen molar-refractivity contribution in [3.63, 3.8) is 0 Å². The van der Waals surface area contributed by atoms with Gasteiger partial charge >= 0.3 is 0 Å². The highest BCUT2D eigenvalue weighted by atomic mass is 79.9. The van der Waals surface area contributed by atoms with Gasteiger partial charge in [-0.1, -0.05) is 22.4 Å². The van der Waals surface area contributed by atoms with Gasteiger partial charge in [-0.05, 0) is 44.0 Å². The molecule has 1 saturated heterocycles.